The largest absolute Gasteiger partial charge is 0.466 e. The highest BCUT2D eigenvalue weighted by molar-refractivity contribution is 5.69. The van der Waals surface area contributed by atoms with Crippen LogP contribution in [0.1, 0.15) is 46.0 Å². The Labute approximate surface area is 81.0 Å². The number of rotatable bonds is 7. The highest BCUT2D eigenvalue weighted by Gasteiger charge is 1.99. The Hall–Kier alpha value is -0.790. The molecule has 0 spiro atoms. The lowest BCUT2D eigenvalue weighted by Gasteiger charge is -2.00. The molecule has 13 heavy (non-hydrogen) atoms. The van der Waals surface area contributed by atoms with E-state index in [1.165, 1.54) is 6.42 Å². The maximum atomic E-state index is 10.9. The molecule has 0 aliphatic rings. The number of hydrogen-bond donors (Lipinski definition) is 0. The summed E-state index contributed by atoms with van der Waals surface area (Å²) in [4.78, 5) is 10.9. The first kappa shape index (κ1) is 12.2. The summed E-state index contributed by atoms with van der Waals surface area (Å²) in [5, 5.41) is 0. The Kier molecular flexibility index (Phi) is 8.73. The lowest BCUT2D eigenvalue weighted by atomic mass is 10.1. The van der Waals surface area contributed by atoms with Gasteiger partial charge in [0.2, 0.25) is 0 Å². The normalized spacial score (nSPS) is 10.6. The quantitative estimate of drug-likeness (QED) is 0.345. The van der Waals surface area contributed by atoms with Gasteiger partial charge in [0.25, 0.3) is 0 Å². The molecule has 0 atom stereocenters. The molecule has 0 amide bonds. The van der Waals surface area contributed by atoms with Gasteiger partial charge in [-0.3, -0.25) is 4.79 Å². The van der Waals surface area contributed by atoms with Crippen LogP contribution in [0.4, 0.5) is 0 Å². The molecule has 0 rings (SSSR count). The molecule has 0 saturated carbocycles. The summed E-state index contributed by atoms with van der Waals surface area (Å²) in [6.07, 6.45) is 9.15. The molecule has 0 bridgehead atoms. The SMILES string of the molecule is CC=CCCCCCC(=O)OCC. The summed E-state index contributed by atoms with van der Waals surface area (Å²) in [5.74, 6) is -0.0615. The second kappa shape index (κ2) is 9.30. The average molecular weight is 184 g/mol. The molecule has 2 heteroatoms. The maximum Gasteiger partial charge on any atom is 0.305 e. The van der Waals surface area contributed by atoms with E-state index < -0.39 is 0 Å². The van der Waals surface area contributed by atoms with Gasteiger partial charge < -0.3 is 4.74 Å². The summed E-state index contributed by atoms with van der Waals surface area (Å²) in [5.41, 5.74) is 0. The van der Waals surface area contributed by atoms with Crippen molar-refractivity contribution in [3.8, 4) is 0 Å². The highest BCUT2D eigenvalue weighted by atomic mass is 16.5. The van der Waals surface area contributed by atoms with Gasteiger partial charge in [0.15, 0.2) is 0 Å². The van der Waals surface area contributed by atoms with Gasteiger partial charge in [-0.25, -0.2) is 0 Å². The van der Waals surface area contributed by atoms with E-state index in [-0.39, 0.29) is 5.97 Å². The Morgan fingerprint density at radius 3 is 2.69 bits per heavy atom. The van der Waals surface area contributed by atoms with Crippen molar-refractivity contribution in [2.75, 3.05) is 6.61 Å². The van der Waals surface area contributed by atoms with Crippen LogP contribution < -0.4 is 0 Å². The second-order valence-corrected chi connectivity index (χ2v) is 2.97. The van der Waals surface area contributed by atoms with Crippen molar-refractivity contribution >= 4 is 5.97 Å². The van der Waals surface area contributed by atoms with Crippen molar-refractivity contribution in [1.82, 2.24) is 0 Å². The monoisotopic (exact) mass is 184 g/mol. The predicted octanol–water partition coefficient (Wildman–Crippen LogP) is 3.08. The smallest absolute Gasteiger partial charge is 0.305 e. The third kappa shape index (κ3) is 9.12. The summed E-state index contributed by atoms with van der Waals surface area (Å²) in [6, 6.07) is 0. The fourth-order valence-corrected chi connectivity index (χ4v) is 1.11. The van der Waals surface area contributed by atoms with Crippen LogP contribution in [-0.4, -0.2) is 12.6 Å². The Bertz CT molecular complexity index is 150. The van der Waals surface area contributed by atoms with Gasteiger partial charge >= 0.3 is 5.97 Å². The summed E-state index contributed by atoms with van der Waals surface area (Å²) < 4.78 is 4.82. The molecule has 76 valence electrons. The molecule has 2 nitrogen and oxygen atoms in total. The van der Waals surface area contributed by atoms with Crippen LogP contribution in [0.3, 0.4) is 0 Å². The molecular weight excluding hydrogens is 164 g/mol. The molecule has 0 saturated heterocycles. The van der Waals surface area contributed by atoms with E-state index in [0.717, 1.165) is 19.3 Å². The fraction of sp³-hybridized carbons (Fsp3) is 0.727. The zero-order chi connectivity index (χ0) is 9.94. The minimum atomic E-state index is -0.0615. The van der Waals surface area contributed by atoms with Crippen molar-refractivity contribution in [2.24, 2.45) is 0 Å². The summed E-state index contributed by atoms with van der Waals surface area (Å²) >= 11 is 0. The second-order valence-electron chi connectivity index (χ2n) is 2.97. The lowest BCUT2D eigenvalue weighted by molar-refractivity contribution is -0.143. The first-order valence-corrected chi connectivity index (χ1v) is 5.08. The van der Waals surface area contributed by atoms with Crippen LogP contribution in [-0.2, 0) is 9.53 Å². The molecule has 0 unspecified atom stereocenters. The first-order valence-electron chi connectivity index (χ1n) is 5.08. The molecule has 0 aromatic heterocycles. The van der Waals surface area contributed by atoms with Gasteiger partial charge in [0.1, 0.15) is 0 Å². The number of carbonyl (C=O) groups excluding carboxylic acids is 1. The molecule has 0 aromatic carbocycles. The average Bonchev–Trinajstić information content (AvgIpc) is 2.11. The molecule has 0 radical (unpaired) electrons. The van der Waals surface area contributed by atoms with Crippen LogP contribution in [0, 0.1) is 0 Å². The van der Waals surface area contributed by atoms with Crippen molar-refractivity contribution in [3.63, 3.8) is 0 Å². The van der Waals surface area contributed by atoms with Crippen LogP contribution in [0.2, 0.25) is 0 Å². The Morgan fingerprint density at radius 2 is 2.08 bits per heavy atom. The molecular formula is C11H20O2. The maximum absolute atomic E-state index is 10.9. The minimum Gasteiger partial charge on any atom is -0.466 e. The highest BCUT2D eigenvalue weighted by Crippen LogP contribution is 2.04. The molecule has 0 N–H and O–H groups in total. The number of esters is 1. The van der Waals surface area contributed by atoms with Gasteiger partial charge in [0.05, 0.1) is 6.61 Å². The van der Waals surface area contributed by atoms with E-state index in [1.807, 2.05) is 13.8 Å². The molecule has 0 aromatic rings. The molecule has 0 heterocycles. The summed E-state index contributed by atoms with van der Waals surface area (Å²) in [6.45, 7) is 4.36. The first-order chi connectivity index (χ1) is 6.31. The Morgan fingerprint density at radius 1 is 1.31 bits per heavy atom. The van der Waals surface area contributed by atoms with Gasteiger partial charge in [-0.15, -0.1) is 0 Å². The van der Waals surface area contributed by atoms with Crippen LogP contribution >= 0.6 is 0 Å². The van der Waals surface area contributed by atoms with Crippen LogP contribution in [0.15, 0.2) is 12.2 Å². The lowest BCUT2D eigenvalue weighted by Crippen LogP contribution is -2.02. The van der Waals surface area contributed by atoms with Gasteiger partial charge in [-0.2, -0.15) is 0 Å². The van der Waals surface area contributed by atoms with Gasteiger partial charge in [-0.05, 0) is 33.1 Å². The van der Waals surface area contributed by atoms with Gasteiger partial charge in [0, 0.05) is 6.42 Å². The zero-order valence-electron chi connectivity index (χ0n) is 8.71. The number of ether oxygens (including phenoxy) is 1. The zero-order valence-corrected chi connectivity index (χ0v) is 8.71. The van der Waals surface area contributed by atoms with Crippen molar-refractivity contribution < 1.29 is 9.53 Å². The van der Waals surface area contributed by atoms with E-state index in [4.69, 9.17) is 4.74 Å². The van der Waals surface area contributed by atoms with E-state index in [1.54, 1.807) is 0 Å². The van der Waals surface area contributed by atoms with Crippen molar-refractivity contribution in [2.45, 2.75) is 46.0 Å². The molecule has 0 aliphatic heterocycles. The third-order valence-electron chi connectivity index (χ3n) is 1.79. The van der Waals surface area contributed by atoms with E-state index >= 15 is 0 Å². The van der Waals surface area contributed by atoms with Crippen molar-refractivity contribution in [1.29, 1.82) is 0 Å². The molecule has 0 fully saturated rings. The van der Waals surface area contributed by atoms with E-state index in [2.05, 4.69) is 12.2 Å². The predicted molar refractivity (Wildman–Crippen MR) is 54.5 cm³/mol. The van der Waals surface area contributed by atoms with Crippen LogP contribution in [0.5, 0.6) is 0 Å². The Balaban J connectivity index is 3.11. The van der Waals surface area contributed by atoms with Gasteiger partial charge in [-0.1, -0.05) is 18.6 Å². The third-order valence-corrected chi connectivity index (χ3v) is 1.79. The standard InChI is InChI=1S/C11H20O2/c1-3-5-6-7-8-9-10-11(12)13-4-2/h3,5H,4,6-10H2,1-2H3. The topological polar surface area (TPSA) is 26.3 Å². The summed E-state index contributed by atoms with van der Waals surface area (Å²) in [7, 11) is 0. The fourth-order valence-electron chi connectivity index (χ4n) is 1.11. The van der Waals surface area contributed by atoms with Crippen molar-refractivity contribution in [3.05, 3.63) is 12.2 Å². The molecule has 0 aliphatic carbocycles. The number of allylic oxidation sites excluding steroid dienone is 2. The minimum absolute atomic E-state index is 0.0615. The van der Waals surface area contributed by atoms with Crippen LogP contribution in [0.25, 0.3) is 0 Å². The number of carbonyl (C=O) groups is 1. The van der Waals surface area contributed by atoms with E-state index in [0.29, 0.717) is 13.0 Å². The number of hydrogen-bond acceptors (Lipinski definition) is 2. The van der Waals surface area contributed by atoms with E-state index in [9.17, 15) is 4.79 Å². The number of unbranched alkanes of at least 4 members (excludes halogenated alkanes) is 3.